The van der Waals surface area contributed by atoms with Crippen molar-refractivity contribution < 1.29 is 191 Å². The van der Waals surface area contributed by atoms with Crippen molar-refractivity contribution in [2.24, 2.45) is 0 Å². The topological polar surface area (TPSA) is 543 Å². The second-order valence-electron chi connectivity index (χ2n) is 24.5. The van der Waals surface area contributed by atoms with Crippen molar-refractivity contribution in [2.75, 3.05) is 25.2 Å². The van der Waals surface area contributed by atoms with Crippen molar-refractivity contribution in [1.82, 2.24) is 38.2 Å². The van der Waals surface area contributed by atoms with E-state index in [1.165, 1.54) is 51.7 Å². The van der Waals surface area contributed by atoms with Crippen molar-refractivity contribution in [1.29, 1.82) is 0 Å². The van der Waals surface area contributed by atoms with E-state index in [4.69, 9.17) is 71.6 Å². The number of terminal acetylenes is 2. The quantitative estimate of drug-likeness (QED) is 0.0105. The Bertz CT molecular complexity index is 4810. The molecule has 10 N–H and O–H groups in total. The van der Waals surface area contributed by atoms with Crippen LogP contribution < -0.4 is 136 Å². The number of ether oxygens (including phenoxy) is 7. The summed E-state index contributed by atoms with van der Waals surface area (Å²) in [7, 11) is -18.2. The number of aliphatic hydroxyl groups is 2. The van der Waals surface area contributed by atoms with E-state index in [2.05, 4.69) is 90.0 Å². The van der Waals surface area contributed by atoms with Gasteiger partial charge >= 0.3 is 141 Å². The molecule has 10 rings (SSSR count). The van der Waals surface area contributed by atoms with Gasteiger partial charge in [0.1, 0.15) is 79.8 Å². The van der Waals surface area contributed by atoms with E-state index < -0.39 is 144 Å². The fraction of sp³-hybridized carbons (Fsp3) is 0.492. The number of aliphatic hydroxyl groups excluding tert-OH is 2. The van der Waals surface area contributed by atoms with Crippen LogP contribution in [0, 0.1) is 52.4 Å². The first-order chi connectivity index (χ1) is 51.5. The zero-order valence-electron chi connectivity index (χ0n) is 63.6. The number of phosphoric ester groups is 1. The predicted molar refractivity (Wildman–Crippen MR) is 396 cm³/mol. The van der Waals surface area contributed by atoms with Gasteiger partial charge in [0.05, 0.1) is 43.0 Å². The molecule has 0 radical (unpaired) electrons. The van der Waals surface area contributed by atoms with Gasteiger partial charge in [0.15, 0.2) is 0 Å². The van der Waals surface area contributed by atoms with Gasteiger partial charge < -0.3 is 78.5 Å². The molecule has 608 valence electrons. The summed E-state index contributed by atoms with van der Waals surface area (Å²) in [4.78, 5) is 149. The van der Waals surface area contributed by atoms with Gasteiger partial charge in [0.2, 0.25) is 0 Å². The van der Waals surface area contributed by atoms with E-state index in [1.807, 2.05) is 13.8 Å². The minimum absolute atomic E-state index is 0. The van der Waals surface area contributed by atoms with Crippen molar-refractivity contribution in [3.63, 3.8) is 0 Å². The Morgan fingerprint density at radius 2 is 1.02 bits per heavy atom. The molecule has 4 fully saturated rings. The predicted octanol–water partition coefficient (Wildman–Crippen LogP) is -1.59. The number of aromatic nitrogens is 8. The molecule has 47 heteroatoms. The third-order valence-corrected chi connectivity index (χ3v) is 20.1. The first-order valence-corrected chi connectivity index (χ1v) is 40.4. The number of carbonyl (C=O) groups excluding carboxylic acids is 1. The standard InChI is InChI=1S/C14H18N2O4.C13H19N2O14P3.C13H16N2O5.C11H16N2O4.C7H4ClO3P.C4H9O.C3H3Br.K.Na.H/c1-4-6-19-11-7-12(20-10(11)5-2)16-8-9(3)13(17)15-14(16)18;1-3-4-25-9-5-11(15-6-8(2)12(16)14-13(15)17)27-10(9)7-26-31(21,22)29-32(23,24)28-30(18,19)20;1-3-4-19-9-5-11(20-10(9)7-16)15-6-8(2)12(17)14-13(15)18;1-3-8-7(14)4-9(17-8)13-5-6(2)10(15)12-11(13)16;8-12-10-6-4-2-1-3-5(6)7(9)11-12;1-4(2,3)5;1-2-3-4;;;/h1,8,10-12H,5-7H2,2-3H3,(H,15,17,18);4,6,9-11H,1,5,7H2,2H3,(H,21,22)(H,23,24)(H,14,16,17)(H2,18,19,20);4,6,9-11,16H,1,5,7H2,2H3,(H,14,17,18);5,7-9,14H,3-4H2,1-2H3,(H,12,15,16);1-4H;1-3H3;1H,3H2;;;/q;;;;;-1;;2*+1;-1/t10-,11+,12-;2*9-,10+,11+;7-,8+,9+;;;;;;/m1000....../s1. The maximum Gasteiger partial charge on any atom is 1.00 e. The number of alkyl halides is 1. The minimum Gasteiger partial charge on any atom is -1.00 e. The van der Waals surface area contributed by atoms with Gasteiger partial charge in [-0.3, -0.25) is 61.9 Å². The number of halogens is 2. The fourth-order valence-corrected chi connectivity index (χ4v) is 14.0. The molecule has 39 nitrogen and oxygen atoms in total. The van der Waals surface area contributed by atoms with E-state index in [1.54, 1.807) is 65.8 Å². The van der Waals surface area contributed by atoms with E-state index in [-0.39, 0.29) is 131 Å². The molecule has 4 aromatic heterocycles. The zero-order chi connectivity index (χ0) is 82.8. The summed E-state index contributed by atoms with van der Waals surface area (Å²) in [6.07, 6.45) is 14.0. The van der Waals surface area contributed by atoms with Gasteiger partial charge in [0.25, 0.3) is 22.2 Å². The number of aryl methyl sites for hydroxylation is 4. The Kier molecular flexibility index (Phi) is 44.6. The first kappa shape index (κ1) is 103. The van der Waals surface area contributed by atoms with Gasteiger partial charge in [-0.1, -0.05) is 99.1 Å². The largest absolute Gasteiger partial charge is 1.00 e. The van der Waals surface area contributed by atoms with Crippen LogP contribution in [0.1, 0.15) is 132 Å². The number of phosphoric acid groups is 3. The summed E-state index contributed by atoms with van der Waals surface area (Å²) in [5.74, 6) is 4.85. The zero-order valence-corrected chi connectivity index (χ0v) is 73.6. The molecule has 4 saturated heterocycles. The average molecular weight is 1780 g/mol. The molecule has 1 aromatic carbocycles. The molecule has 112 heavy (non-hydrogen) atoms. The van der Waals surface area contributed by atoms with Crippen molar-refractivity contribution in [3.05, 3.63) is 197 Å². The van der Waals surface area contributed by atoms with Crippen LogP contribution in [0.25, 0.3) is 0 Å². The molecule has 0 amide bonds. The van der Waals surface area contributed by atoms with E-state index in [9.17, 15) is 82.0 Å². The number of hydrogen-bond acceptors (Lipinski definition) is 27. The third-order valence-electron chi connectivity index (χ3n) is 14.9. The minimum atomic E-state index is -5.68. The molecule has 15 atom stereocenters. The van der Waals surface area contributed by atoms with E-state index >= 15 is 0 Å². The summed E-state index contributed by atoms with van der Waals surface area (Å²) in [5, 5.41) is 29.8. The smallest absolute Gasteiger partial charge is 1.00 e. The summed E-state index contributed by atoms with van der Waals surface area (Å²) in [5.41, 5.74) is 1.87. The molecular weight excluding hydrogens is 1690 g/mol. The monoisotopic (exact) mass is 1770 g/mol. The number of nitrogens with one attached hydrogen (secondary N) is 4. The van der Waals surface area contributed by atoms with Crippen molar-refractivity contribution in [3.8, 4) is 30.4 Å². The van der Waals surface area contributed by atoms with Gasteiger partial charge in [0, 0.05) is 72.7 Å². The Hall–Kier alpha value is -5.10. The summed E-state index contributed by atoms with van der Waals surface area (Å²) < 4.78 is 99.4. The number of benzene rings is 1. The summed E-state index contributed by atoms with van der Waals surface area (Å²) >= 11 is 8.55. The number of rotatable bonds is 20. The van der Waals surface area contributed by atoms with Crippen LogP contribution in [-0.2, 0) is 64.5 Å². The van der Waals surface area contributed by atoms with Crippen LogP contribution >= 0.6 is 58.4 Å². The maximum absolute atomic E-state index is 12.1. The second kappa shape index (κ2) is 48.6. The number of para-hydroxylation sites is 1. The molecule has 0 bridgehead atoms. The fourth-order valence-electron chi connectivity index (χ4n) is 10.0. The number of fused-ring (bicyclic) bond motifs is 1. The van der Waals surface area contributed by atoms with Crippen LogP contribution in [0.4, 0.5) is 0 Å². The molecule has 0 saturated carbocycles. The molecular formula is C65H86BrClKN8NaO31P4. The number of nitrogens with zero attached hydrogens (tertiary/aromatic N) is 4. The van der Waals surface area contributed by atoms with Gasteiger partial charge in [-0.05, 0) is 63.9 Å². The van der Waals surface area contributed by atoms with Crippen LogP contribution in [0.5, 0.6) is 5.75 Å². The third kappa shape index (κ3) is 33.8. The molecule has 0 spiro atoms. The Morgan fingerprint density at radius 3 is 1.39 bits per heavy atom. The van der Waals surface area contributed by atoms with Crippen LogP contribution in [0.2, 0.25) is 0 Å². The van der Waals surface area contributed by atoms with Gasteiger partial charge in [-0.15, -0.1) is 18.4 Å². The van der Waals surface area contributed by atoms with Gasteiger partial charge in [-0.2, -0.15) is 8.62 Å². The summed E-state index contributed by atoms with van der Waals surface area (Å²) in [6, 6.07) is 6.84. The molecule has 0 aliphatic carbocycles. The van der Waals surface area contributed by atoms with Crippen LogP contribution in [0.15, 0.2) is 125 Å². The average Bonchev–Trinajstić information content (AvgIpc) is 1.67. The number of aromatic amines is 4. The molecule has 9 heterocycles. The normalized spacial score (nSPS) is 23.4. The second-order valence-corrected chi connectivity index (χ2v) is 31.1. The SMILES string of the molecule is C#CCBr.C#CCO[C@H]1C[C@H](n2cc(C)c(=O)[nH]c2=O)O[C@@H]1CC.C=C=CO[C@H]1C[C@H](n2cc(C)c(=O)[nH]c2=O)O[C@@H]1CO.C=C=CO[C@H]1C[C@H](n2cc(C)c(=O)[nH]c2=O)O[C@@H]1COP(=O)(O)OP(=O)(O)OP(=O)(O)O.CC(C)(C)[O-].CC[C@H]1O[C@@H](n2cc(C)c(=O)[nH]c2=O)C[C@@H]1O.O=C1OP(Cl)Oc2ccccc21.[H-].[K+].[Na+]. The Morgan fingerprint density at radius 1 is 0.643 bits per heavy atom. The Balaban J connectivity index is 0.000000700. The Labute approximate surface area is 720 Å². The number of H-pyrrole nitrogens is 4. The van der Waals surface area contributed by atoms with Crippen LogP contribution in [-0.4, -0.2) is 154 Å². The molecule has 3 unspecified atom stereocenters. The summed E-state index contributed by atoms with van der Waals surface area (Å²) in [6.45, 7) is 21.0. The van der Waals surface area contributed by atoms with Crippen molar-refractivity contribution in [2.45, 2.75) is 180 Å². The van der Waals surface area contributed by atoms with E-state index in [0.29, 0.717) is 59.0 Å². The maximum atomic E-state index is 12.1. The first-order valence-electron chi connectivity index (χ1n) is 32.6. The molecule has 5 aliphatic rings. The van der Waals surface area contributed by atoms with E-state index in [0.717, 1.165) is 17.3 Å². The van der Waals surface area contributed by atoms with Crippen molar-refractivity contribution >= 4 is 64.3 Å². The number of carbonyl (C=O) groups is 1. The number of hydrogen-bond donors (Lipinski definition) is 10. The van der Waals surface area contributed by atoms with Gasteiger partial charge in [-0.25, -0.2) is 37.7 Å². The molecule has 5 aromatic rings. The van der Waals surface area contributed by atoms with Crippen LogP contribution in [0.3, 0.4) is 0 Å². The molecule has 5 aliphatic heterocycles.